The number of aryl methyl sites for hydroxylation is 1. The van der Waals surface area contributed by atoms with Gasteiger partial charge in [-0.3, -0.25) is 4.79 Å². The van der Waals surface area contributed by atoms with Gasteiger partial charge in [-0.05, 0) is 65.2 Å². The minimum Gasteiger partial charge on any atom is -0.488 e. The molecule has 0 aliphatic rings. The van der Waals surface area contributed by atoms with Gasteiger partial charge in [-0.25, -0.2) is 0 Å². The standard InChI is InChI=1S/C28H21ClN2O2/c1-19-6-4-10-24(14-19)31-28(32)22(17-30)16-26-25-11-3-2-8-21(25)12-13-27(26)33-18-20-7-5-9-23(29)15-20/h2-16H,18H2,1H3,(H,31,32)/b22-16+. The molecular formula is C28H21ClN2O2. The number of carbonyl (C=O) groups excluding carboxylic acids is 1. The van der Waals surface area contributed by atoms with E-state index in [4.69, 9.17) is 16.3 Å². The average molecular weight is 453 g/mol. The van der Waals surface area contributed by atoms with Gasteiger partial charge in [-0.1, -0.05) is 66.2 Å². The Bertz CT molecular complexity index is 1400. The highest BCUT2D eigenvalue weighted by Crippen LogP contribution is 2.31. The molecule has 0 atom stereocenters. The van der Waals surface area contributed by atoms with Gasteiger partial charge in [0.1, 0.15) is 24.0 Å². The zero-order valence-electron chi connectivity index (χ0n) is 18.0. The molecular weight excluding hydrogens is 432 g/mol. The molecule has 0 heterocycles. The Morgan fingerprint density at radius 2 is 1.85 bits per heavy atom. The first-order valence-corrected chi connectivity index (χ1v) is 10.8. The van der Waals surface area contributed by atoms with E-state index in [-0.39, 0.29) is 5.57 Å². The van der Waals surface area contributed by atoms with Gasteiger partial charge in [0, 0.05) is 16.3 Å². The number of hydrogen-bond acceptors (Lipinski definition) is 3. The topological polar surface area (TPSA) is 62.1 Å². The van der Waals surface area contributed by atoms with E-state index in [1.807, 2.05) is 85.8 Å². The predicted molar refractivity (Wildman–Crippen MR) is 133 cm³/mol. The molecule has 4 aromatic rings. The molecule has 5 heteroatoms. The van der Waals surface area contributed by atoms with E-state index < -0.39 is 5.91 Å². The van der Waals surface area contributed by atoms with Crippen LogP contribution < -0.4 is 10.1 Å². The summed E-state index contributed by atoms with van der Waals surface area (Å²) >= 11 is 6.09. The number of nitrogens with one attached hydrogen (secondary N) is 1. The van der Waals surface area contributed by atoms with Gasteiger partial charge >= 0.3 is 0 Å². The van der Waals surface area contributed by atoms with Crippen LogP contribution >= 0.6 is 11.6 Å². The zero-order chi connectivity index (χ0) is 23.2. The lowest BCUT2D eigenvalue weighted by atomic mass is 10.0. The first-order valence-electron chi connectivity index (χ1n) is 10.4. The Morgan fingerprint density at radius 1 is 1.03 bits per heavy atom. The molecule has 162 valence electrons. The van der Waals surface area contributed by atoms with Gasteiger partial charge in [0.05, 0.1) is 0 Å². The minimum atomic E-state index is -0.475. The molecule has 4 aromatic carbocycles. The number of fused-ring (bicyclic) bond motifs is 1. The summed E-state index contributed by atoms with van der Waals surface area (Å²) in [6.07, 6.45) is 1.58. The second-order valence-electron chi connectivity index (χ2n) is 7.61. The molecule has 4 rings (SSSR count). The van der Waals surface area contributed by atoms with Crippen LogP contribution in [-0.2, 0) is 11.4 Å². The molecule has 0 bridgehead atoms. The Kier molecular flexibility index (Phi) is 6.73. The summed E-state index contributed by atoms with van der Waals surface area (Å²) in [5.41, 5.74) is 3.23. The molecule has 0 aliphatic heterocycles. The van der Waals surface area contributed by atoms with E-state index in [9.17, 15) is 10.1 Å². The monoisotopic (exact) mass is 452 g/mol. The predicted octanol–water partition coefficient (Wildman–Crippen LogP) is 6.93. The third-order valence-corrected chi connectivity index (χ3v) is 5.38. The molecule has 0 saturated heterocycles. The molecule has 0 unspecified atom stereocenters. The minimum absolute atomic E-state index is 0.0135. The van der Waals surface area contributed by atoms with Crippen molar-refractivity contribution in [3.05, 3.63) is 112 Å². The number of hydrogen-bond donors (Lipinski definition) is 1. The third kappa shape index (κ3) is 5.41. The number of halogens is 1. The van der Waals surface area contributed by atoms with E-state index in [0.717, 1.165) is 21.9 Å². The van der Waals surface area contributed by atoms with Gasteiger partial charge in [-0.2, -0.15) is 5.26 Å². The molecule has 0 spiro atoms. The van der Waals surface area contributed by atoms with Crippen molar-refractivity contribution in [3.63, 3.8) is 0 Å². The fraction of sp³-hybridized carbons (Fsp3) is 0.0714. The first kappa shape index (κ1) is 22.1. The Balaban J connectivity index is 1.70. The van der Waals surface area contributed by atoms with Crippen LogP contribution in [-0.4, -0.2) is 5.91 Å². The van der Waals surface area contributed by atoms with Gasteiger partial charge in [0.2, 0.25) is 0 Å². The fourth-order valence-corrected chi connectivity index (χ4v) is 3.77. The molecule has 0 aliphatic carbocycles. The van der Waals surface area contributed by atoms with Crippen molar-refractivity contribution >= 4 is 40.0 Å². The van der Waals surface area contributed by atoms with Crippen LogP contribution in [0.1, 0.15) is 16.7 Å². The summed E-state index contributed by atoms with van der Waals surface area (Å²) in [5.74, 6) is 0.0987. The summed E-state index contributed by atoms with van der Waals surface area (Å²) in [4.78, 5) is 12.9. The van der Waals surface area contributed by atoms with Gasteiger partial charge < -0.3 is 10.1 Å². The van der Waals surface area contributed by atoms with Crippen LogP contribution in [0.25, 0.3) is 16.8 Å². The van der Waals surface area contributed by atoms with E-state index in [2.05, 4.69) is 5.32 Å². The number of benzene rings is 4. The van der Waals surface area contributed by atoms with Crippen molar-refractivity contribution < 1.29 is 9.53 Å². The largest absolute Gasteiger partial charge is 0.488 e. The lowest BCUT2D eigenvalue weighted by Crippen LogP contribution is -2.13. The lowest BCUT2D eigenvalue weighted by molar-refractivity contribution is -0.112. The highest BCUT2D eigenvalue weighted by Gasteiger charge is 2.14. The van der Waals surface area contributed by atoms with Gasteiger partial charge in [0.25, 0.3) is 5.91 Å². The maximum atomic E-state index is 12.9. The first-order chi connectivity index (χ1) is 16.0. The van der Waals surface area contributed by atoms with Crippen LogP contribution in [0.5, 0.6) is 5.75 Å². The number of carbonyl (C=O) groups is 1. The number of nitrogens with zero attached hydrogens (tertiary/aromatic N) is 1. The van der Waals surface area contributed by atoms with Crippen LogP contribution in [0.3, 0.4) is 0 Å². The molecule has 1 amide bonds. The maximum absolute atomic E-state index is 12.9. The zero-order valence-corrected chi connectivity index (χ0v) is 18.8. The SMILES string of the molecule is Cc1cccc(NC(=O)/C(C#N)=C/c2c(OCc3cccc(Cl)c3)ccc3ccccc23)c1. The van der Waals surface area contributed by atoms with Crippen molar-refractivity contribution in [1.82, 2.24) is 0 Å². The fourth-order valence-electron chi connectivity index (χ4n) is 3.55. The number of ether oxygens (including phenoxy) is 1. The van der Waals surface area contributed by atoms with E-state index in [1.165, 1.54) is 0 Å². The molecule has 0 saturated carbocycles. The summed E-state index contributed by atoms with van der Waals surface area (Å²) in [7, 11) is 0. The normalized spacial score (nSPS) is 11.1. The third-order valence-electron chi connectivity index (χ3n) is 5.14. The van der Waals surface area contributed by atoms with E-state index in [1.54, 1.807) is 18.2 Å². The van der Waals surface area contributed by atoms with Crippen molar-refractivity contribution in [2.45, 2.75) is 13.5 Å². The van der Waals surface area contributed by atoms with Crippen LogP contribution in [0, 0.1) is 18.3 Å². The van der Waals surface area contributed by atoms with Crippen molar-refractivity contribution in [3.8, 4) is 11.8 Å². The Hall–Kier alpha value is -4.07. The van der Waals surface area contributed by atoms with Crippen molar-refractivity contribution in [1.29, 1.82) is 5.26 Å². The molecule has 1 N–H and O–H groups in total. The second-order valence-corrected chi connectivity index (χ2v) is 8.05. The molecule has 0 fully saturated rings. The lowest BCUT2D eigenvalue weighted by Gasteiger charge is -2.13. The Morgan fingerprint density at radius 3 is 2.64 bits per heavy atom. The highest BCUT2D eigenvalue weighted by atomic mass is 35.5. The van der Waals surface area contributed by atoms with Crippen LogP contribution in [0.15, 0.2) is 90.5 Å². The molecule has 33 heavy (non-hydrogen) atoms. The summed E-state index contributed by atoms with van der Waals surface area (Å²) < 4.78 is 6.10. The summed E-state index contributed by atoms with van der Waals surface area (Å²) in [5, 5.41) is 15.1. The van der Waals surface area contributed by atoms with E-state index in [0.29, 0.717) is 28.6 Å². The summed E-state index contributed by atoms with van der Waals surface area (Å²) in [6.45, 7) is 2.24. The van der Waals surface area contributed by atoms with Crippen LogP contribution in [0.2, 0.25) is 5.02 Å². The number of rotatable bonds is 6. The van der Waals surface area contributed by atoms with Crippen molar-refractivity contribution in [2.24, 2.45) is 0 Å². The molecule has 0 aromatic heterocycles. The smallest absolute Gasteiger partial charge is 0.266 e. The van der Waals surface area contributed by atoms with Crippen LogP contribution in [0.4, 0.5) is 5.69 Å². The average Bonchev–Trinajstić information content (AvgIpc) is 2.81. The van der Waals surface area contributed by atoms with Gasteiger partial charge in [-0.15, -0.1) is 0 Å². The van der Waals surface area contributed by atoms with E-state index >= 15 is 0 Å². The number of anilines is 1. The Labute approximate surface area is 197 Å². The quantitative estimate of drug-likeness (QED) is 0.255. The molecule has 4 nitrogen and oxygen atoms in total. The summed E-state index contributed by atoms with van der Waals surface area (Å²) in [6, 6.07) is 28.5. The highest BCUT2D eigenvalue weighted by molar-refractivity contribution is 6.30. The number of nitriles is 1. The molecule has 0 radical (unpaired) electrons. The van der Waals surface area contributed by atoms with Crippen molar-refractivity contribution in [2.75, 3.05) is 5.32 Å². The maximum Gasteiger partial charge on any atom is 0.266 e. The number of amides is 1. The second kappa shape index (κ2) is 10.0. The van der Waals surface area contributed by atoms with Gasteiger partial charge in [0.15, 0.2) is 0 Å².